The predicted molar refractivity (Wildman–Crippen MR) is 95.8 cm³/mol. The average Bonchev–Trinajstić information content (AvgIpc) is 3.14. The molecule has 1 aromatic heterocycles. The topological polar surface area (TPSA) is 51.7 Å². The Morgan fingerprint density at radius 3 is 2.60 bits per heavy atom. The summed E-state index contributed by atoms with van der Waals surface area (Å²) in [5.41, 5.74) is 1.27. The third-order valence-corrected chi connectivity index (χ3v) is 4.63. The van der Waals surface area contributed by atoms with Crippen LogP contribution in [0.15, 0.2) is 48.8 Å². The Morgan fingerprint density at radius 1 is 1.16 bits per heavy atom. The molecule has 5 nitrogen and oxygen atoms in total. The molecule has 2 heterocycles. The van der Waals surface area contributed by atoms with E-state index < -0.39 is 0 Å². The van der Waals surface area contributed by atoms with Gasteiger partial charge in [-0.15, -0.1) is 0 Å². The van der Waals surface area contributed by atoms with Crippen LogP contribution in [0.2, 0.25) is 0 Å². The number of rotatable bonds is 7. The standard InChI is InChI=1S/C20H24N2O3/c1-24-18-6-8-19(9-7-18)25-15-20(23)22-14-2-3-17(22)5-4-16-10-12-21-13-11-16/h6-13,17H,2-5,14-15H2,1H3. The number of nitrogens with zero attached hydrogens (tertiary/aromatic N) is 2. The average molecular weight is 340 g/mol. The van der Waals surface area contributed by atoms with Crippen LogP contribution in [0.5, 0.6) is 11.5 Å². The van der Waals surface area contributed by atoms with Crippen molar-refractivity contribution in [1.29, 1.82) is 0 Å². The van der Waals surface area contributed by atoms with Crippen molar-refractivity contribution in [2.24, 2.45) is 0 Å². The lowest BCUT2D eigenvalue weighted by atomic mass is 10.0. The first kappa shape index (κ1) is 17.3. The number of methoxy groups -OCH3 is 1. The van der Waals surface area contributed by atoms with E-state index in [0.717, 1.165) is 38.0 Å². The van der Waals surface area contributed by atoms with E-state index in [-0.39, 0.29) is 12.5 Å². The predicted octanol–water partition coefficient (Wildman–Crippen LogP) is 3.09. The highest BCUT2D eigenvalue weighted by Crippen LogP contribution is 2.23. The Kier molecular flexibility index (Phi) is 5.88. The van der Waals surface area contributed by atoms with Crippen molar-refractivity contribution >= 4 is 5.91 Å². The van der Waals surface area contributed by atoms with E-state index in [0.29, 0.717) is 11.8 Å². The first-order valence-corrected chi connectivity index (χ1v) is 8.71. The molecule has 2 aromatic rings. The highest BCUT2D eigenvalue weighted by Gasteiger charge is 2.28. The van der Waals surface area contributed by atoms with Crippen LogP contribution >= 0.6 is 0 Å². The zero-order valence-electron chi connectivity index (χ0n) is 14.6. The first-order valence-electron chi connectivity index (χ1n) is 8.71. The normalized spacial score (nSPS) is 16.7. The lowest BCUT2D eigenvalue weighted by molar-refractivity contribution is -0.134. The van der Waals surface area contributed by atoms with E-state index in [2.05, 4.69) is 4.98 Å². The monoisotopic (exact) mass is 340 g/mol. The van der Waals surface area contributed by atoms with Gasteiger partial charge in [0, 0.05) is 25.0 Å². The molecule has 5 heteroatoms. The Morgan fingerprint density at radius 2 is 1.88 bits per heavy atom. The van der Waals surface area contributed by atoms with Gasteiger partial charge in [0.25, 0.3) is 5.91 Å². The number of aryl methyl sites for hydroxylation is 1. The van der Waals surface area contributed by atoms with Crippen molar-refractivity contribution in [3.8, 4) is 11.5 Å². The van der Waals surface area contributed by atoms with Crippen molar-refractivity contribution in [1.82, 2.24) is 9.88 Å². The van der Waals surface area contributed by atoms with Crippen LogP contribution in [0.1, 0.15) is 24.8 Å². The van der Waals surface area contributed by atoms with E-state index in [1.807, 2.05) is 53.7 Å². The van der Waals surface area contributed by atoms with Gasteiger partial charge in [-0.1, -0.05) is 0 Å². The first-order chi connectivity index (χ1) is 12.3. The molecule has 0 aliphatic carbocycles. The highest BCUT2D eigenvalue weighted by atomic mass is 16.5. The second kappa shape index (κ2) is 8.51. The van der Waals surface area contributed by atoms with Crippen molar-refractivity contribution < 1.29 is 14.3 Å². The summed E-state index contributed by atoms with van der Waals surface area (Å²) in [6.45, 7) is 0.907. The second-order valence-corrected chi connectivity index (χ2v) is 6.24. The van der Waals surface area contributed by atoms with Crippen molar-refractivity contribution in [2.75, 3.05) is 20.3 Å². The van der Waals surface area contributed by atoms with Crippen LogP contribution in [0.3, 0.4) is 0 Å². The van der Waals surface area contributed by atoms with Gasteiger partial charge in [-0.3, -0.25) is 9.78 Å². The Bertz CT molecular complexity index is 673. The third kappa shape index (κ3) is 4.72. The van der Waals surface area contributed by atoms with Crippen LogP contribution in [0.25, 0.3) is 0 Å². The Balaban J connectivity index is 1.49. The molecule has 0 N–H and O–H groups in total. The fourth-order valence-corrected chi connectivity index (χ4v) is 3.25. The molecule has 1 atom stereocenters. The maximum Gasteiger partial charge on any atom is 0.260 e. The number of hydrogen-bond acceptors (Lipinski definition) is 4. The molecule has 1 amide bonds. The number of hydrogen-bond donors (Lipinski definition) is 0. The molecule has 1 saturated heterocycles. The molecule has 1 aliphatic rings. The summed E-state index contributed by atoms with van der Waals surface area (Å²) in [6, 6.07) is 11.7. The van der Waals surface area contributed by atoms with Crippen LogP contribution in [-0.2, 0) is 11.2 Å². The molecule has 1 aliphatic heterocycles. The van der Waals surface area contributed by atoms with Crippen molar-refractivity contribution in [2.45, 2.75) is 31.7 Å². The van der Waals surface area contributed by atoms with Gasteiger partial charge in [0.2, 0.25) is 0 Å². The van der Waals surface area contributed by atoms with E-state index >= 15 is 0 Å². The smallest absolute Gasteiger partial charge is 0.260 e. The van der Waals surface area contributed by atoms with Crippen molar-refractivity contribution in [3.63, 3.8) is 0 Å². The molecule has 0 bridgehead atoms. The van der Waals surface area contributed by atoms with Gasteiger partial charge in [0.15, 0.2) is 6.61 Å². The summed E-state index contributed by atoms with van der Waals surface area (Å²) < 4.78 is 10.8. The number of likely N-dealkylation sites (tertiary alicyclic amines) is 1. The summed E-state index contributed by atoms with van der Waals surface area (Å²) in [4.78, 5) is 18.6. The zero-order chi connectivity index (χ0) is 17.5. The van der Waals surface area contributed by atoms with Gasteiger partial charge < -0.3 is 14.4 Å². The maximum atomic E-state index is 12.5. The number of amides is 1. The minimum Gasteiger partial charge on any atom is -0.497 e. The second-order valence-electron chi connectivity index (χ2n) is 6.24. The molecule has 132 valence electrons. The van der Waals surface area contributed by atoms with Crippen LogP contribution in [-0.4, -0.2) is 42.1 Å². The van der Waals surface area contributed by atoms with E-state index in [1.165, 1.54) is 5.56 Å². The largest absolute Gasteiger partial charge is 0.497 e. The number of pyridine rings is 1. The van der Waals surface area contributed by atoms with Gasteiger partial charge in [-0.2, -0.15) is 0 Å². The molecular weight excluding hydrogens is 316 g/mol. The minimum absolute atomic E-state index is 0.0630. The number of aromatic nitrogens is 1. The van der Waals surface area contributed by atoms with E-state index in [1.54, 1.807) is 7.11 Å². The van der Waals surface area contributed by atoms with Crippen LogP contribution < -0.4 is 9.47 Å². The van der Waals surface area contributed by atoms with E-state index in [4.69, 9.17) is 9.47 Å². The van der Waals surface area contributed by atoms with Crippen LogP contribution in [0.4, 0.5) is 0 Å². The minimum atomic E-state index is 0.0630. The molecule has 3 rings (SSSR count). The maximum absolute atomic E-state index is 12.5. The number of carbonyl (C=O) groups is 1. The number of benzene rings is 1. The van der Waals surface area contributed by atoms with Gasteiger partial charge in [0.1, 0.15) is 11.5 Å². The molecule has 1 aromatic carbocycles. The third-order valence-electron chi connectivity index (χ3n) is 4.63. The molecule has 0 radical (unpaired) electrons. The molecule has 1 fully saturated rings. The molecule has 1 unspecified atom stereocenters. The summed E-state index contributed by atoms with van der Waals surface area (Å²) in [5.74, 6) is 1.52. The highest BCUT2D eigenvalue weighted by molar-refractivity contribution is 5.78. The van der Waals surface area contributed by atoms with Gasteiger partial charge in [-0.25, -0.2) is 0 Å². The lowest BCUT2D eigenvalue weighted by Gasteiger charge is -2.25. The summed E-state index contributed by atoms with van der Waals surface area (Å²) in [6.07, 6.45) is 7.72. The van der Waals surface area contributed by atoms with Crippen molar-refractivity contribution in [3.05, 3.63) is 54.4 Å². The summed E-state index contributed by atoms with van der Waals surface area (Å²) >= 11 is 0. The Labute approximate surface area is 148 Å². The quantitative estimate of drug-likeness (QED) is 0.777. The Hall–Kier alpha value is -2.56. The summed E-state index contributed by atoms with van der Waals surface area (Å²) in [7, 11) is 1.62. The SMILES string of the molecule is COc1ccc(OCC(=O)N2CCCC2CCc2ccncc2)cc1. The molecule has 0 saturated carbocycles. The molecular formula is C20H24N2O3. The fraction of sp³-hybridized carbons (Fsp3) is 0.400. The number of ether oxygens (including phenoxy) is 2. The van der Waals surface area contributed by atoms with E-state index in [9.17, 15) is 4.79 Å². The van der Waals surface area contributed by atoms with Crippen LogP contribution in [0, 0.1) is 0 Å². The van der Waals surface area contributed by atoms with Gasteiger partial charge in [-0.05, 0) is 67.6 Å². The van der Waals surface area contributed by atoms with Gasteiger partial charge >= 0.3 is 0 Å². The summed E-state index contributed by atoms with van der Waals surface area (Å²) in [5, 5.41) is 0. The molecule has 0 spiro atoms. The van der Waals surface area contributed by atoms with Gasteiger partial charge in [0.05, 0.1) is 7.11 Å². The number of carbonyl (C=O) groups excluding carboxylic acids is 1. The molecule has 25 heavy (non-hydrogen) atoms. The fourth-order valence-electron chi connectivity index (χ4n) is 3.25. The lowest BCUT2D eigenvalue weighted by Crippen LogP contribution is -2.38. The zero-order valence-corrected chi connectivity index (χ0v) is 14.6.